The lowest BCUT2D eigenvalue weighted by molar-refractivity contribution is 0.173. The van der Waals surface area contributed by atoms with E-state index in [0.29, 0.717) is 5.33 Å². The fourth-order valence-electron chi connectivity index (χ4n) is 1.62. The van der Waals surface area contributed by atoms with E-state index < -0.39 is 0 Å². The summed E-state index contributed by atoms with van der Waals surface area (Å²) >= 11 is 3.36. The molecule has 0 fully saturated rings. The van der Waals surface area contributed by atoms with Gasteiger partial charge in [-0.15, -0.1) is 0 Å². The number of nitrogens with zero attached hydrogens (tertiary/aromatic N) is 1. The molecule has 0 amide bonds. The van der Waals surface area contributed by atoms with E-state index in [1.807, 2.05) is 30.3 Å². The summed E-state index contributed by atoms with van der Waals surface area (Å²) in [5, 5.41) is 1.66. The van der Waals surface area contributed by atoms with E-state index in [0.717, 1.165) is 16.6 Å². The number of benzene rings is 1. The van der Waals surface area contributed by atoms with Gasteiger partial charge in [-0.2, -0.15) is 0 Å². The van der Waals surface area contributed by atoms with Gasteiger partial charge in [0.2, 0.25) is 0 Å². The summed E-state index contributed by atoms with van der Waals surface area (Å²) in [5.41, 5.74) is 1.77. The fraction of sp³-hybridized carbons (Fsp3) is 0.182. The van der Waals surface area contributed by atoms with Crippen LogP contribution >= 0.6 is 15.9 Å². The number of rotatable bonds is 1. The Hall–Kier alpha value is -1.29. The van der Waals surface area contributed by atoms with Crippen LogP contribution in [0.2, 0.25) is 0 Å². The molecule has 1 aromatic carbocycles. The molecule has 1 aromatic heterocycles. The van der Waals surface area contributed by atoms with Gasteiger partial charge in [0.05, 0.1) is 12.6 Å². The second-order valence-electron chi connectivity index (χ2n) is 3.13. The number of hydrogen-bond donors (Lipinski definition) is 0. The molecule has 0 aliphatic heterocycles. The normalized spacial score (nSPS) is 10.5. The van der Waals surface area contributed by atoms with Crippen molar-refractivity contribution in [1.82, 2.24) is 4.57 Å². The van der Waals surface area contributed by atoms with Crippen LogP contribution < -0.4 is 0 Å². The maximum absolute atomic E-state index is 11.6. The van der Waals surface area contributed by atoms with Crippen molar-refractivity contribution in [1.29, 1.82) is 0 Å². The first-order valence-corrected chi connectivity index (χ1v) is 5.63. The first-order valence-electron chi connectivity index (χ1n) is 4.51. The molecule has 4 heteroatoms. The maximum Gasteiger partial charge on any atom is 0.418 e. The number of para-hydroxylation sites is 1. The third-order valence-corrected chi connectivity index (χ3v) is 2.86. The van der Waals surface area contributed by atoms with E-state index in [2.05, 4.69) is 15.9 Å². The van der Waals surface area contributed by atoms with Gasteiger partial charge in [0.15, 0.2) is 0 Å². The molecule has 0 spiro atoms. The van der Waals surface area contributed by atoms with Crippen molar-refractivity contribution in [2.75, 3.05) is 7.11 Å². The van der Waals surface area contributed by atoms with Gasteiger partial charge in [0, 0.05) is 16.4 Å². The third-order valence-electron chi connectivity index (χ3n) is 2.28. The lowest BCUT2D eigenvalue weighted by atomic mass is 10.2. The summed E-state index contributed by atoms with van der Waals surface area (Å²) in [7, 11) is 1.38. The molecule has 0 bridgehead atoms. The monoisotopic (exact) mass is 267 g/mol. The number of carbonyl (C=O) groups excluding carboxylic acids is 1. The van der Waals surface area contributed by atoms with E-state index in [4.69, 9.17) is 4.74 Å². The second kappa shape index (κ2) is 4.06. The molecular weight excluding hydrogens is 258 g/mol. The minimum Gasteiger partial charge on any atom is -0.452 e. The smallest absolute Gasteiger partial charge is 0.418 e. The Kier molecular flexibility index (Phi) is 2.77. The Balaban J connectivity index is 2.72. The van der Waals surface area contributed by atoms with Crippen molar-refractivity contribution in [3.05, 3.63) is 36.0 Å². The van der Waals surface area contributed by atoms with E-state index in [1.165, 1.54) is 7.11 Å². The molecule has 0 unspecified atom stereocenters. The molecule has 0 radical (unpaired) electrons. The number of aromatic nitrogens is 1. The van der Waals surface area contributed by atoms with Gasteiger partial charge < -0.3 is 4.74 Å². The maximum atomic E-state index is 11.6. The average molecular weight is 268 g/mol. The van der Waals surface area contributed by atoms with E-state index >= 15 is 0 Å². The minimum atomic E-state index is -0.356. The van der Waals surface area contributed by atoms with Gasteiger partial charge in [-0.3, -0.25) is 0 Å². The van der Waals surface area contributed by atoms with E-state index in [1.54, 1.807) is 4.57 Å². The molecule has 0 saturated carbocycles. The Bertz CT molecular complexity index is 504. The molecule has 2 aromatic rings. The molecule has 0 N–H and O–H groups in total. The summed E-state index contributed by atoms with van der Waals surface area (Å²) < 4.78 is 6.32. The molecule has 78 valence electrons. The van der Waals surface area contributed by atoms with Crippen LogP contribution in [-0.2, 0) is 10.1 Å². The quantitative estimate of drug-likeness (QED) is 0.744. The molecule has 1 heterocycles. The van der Waals surface area contributed by atoms with Crippen LogP contribution in [0.5, 0.6) is 0 Å². The van der Waals surface area contributed by atoms with Gasteiger partial charge in [-0.05, 0) is 12.1 Å². The van der Waals surface area contributed by atoms with Crippen LogP contribution in [0.3, 0.4) is 0 Å². The van der Waals surface area contributed by atoms with Gasteiger partial charge >= 0.3 is 6.09 Å². The second-order valence-corrected chi connectivity index (χ2v) is 3.69. The predicted octanol–water partition coefficient (Wildman–Crippen LogP) is 3.15. The largest absolute Gasteiger partial charge is 0.452 e. The summed E-state index contributed by atoms with van der Waals surface area (Å²) in [6, 6.07) is 9.70. The molecule has 15 heavy (non-hydrogen) atoms. The summed E-state index contributed by atoms with van der Waals surface area (Å²) in [4.78, 5) is 11.6. The van der Waals surface area contributed by atoms with Crippen molar-refractivity contribution < 1.29 is 9.53 Å². The highest BCUT2D eigenvalue weighted by atomic mass is 79.9. The zero-order valence-corrected chi connectivity index (χ0v) is 9.82. The van der Waals surface area contributed by atoms with Crippen LogP contribution in [0.25, 0.3) is 10.9 Å². The molecule has 2 rings (SSSR count). The Morgan fingerprint density at radius 3 is 2.87 bits per heavy atom. The van der Waals surface area contributed by atoms with Crippen LogP contribution in [0.1, 0.15) is 5.69 Å². The molecular formula is C11H10BrNO2. The Morgan fingerprint density at radius 1 is 1.47 bits per heavy atom. The van der Waals surface area contributed by atoms with Crippen LogP contribution in [0.15, 0.2) is 30.3 Å². The fourth-order valence-corrected chi connectivity index (χ4v) is 2.03. The van der Waals surface area contributed by atoms with Gasteiger partial charge in [0.25, 0.3) is 0 Å². The number of hydrogen-bond acceptors (Lipinski definition) is 2. The predicted molar refractivity (Wildman–Crippen MR) is 62.4 cm³/mol. The molecule has 0 saturated heterocycles. The number of alkyl halides is 1. The van der Waals surface area contributed by atoms with Crippen LogP contribution in [0, 0.1) is 0 Å². The highest BCUT2D eigenvalue weighted by molar-refractivity contribution is 9.08. The Labute approximate surface area is 95.8 Å². The van der Waals surface area contributed by atoms with Gasteiger partial charge in [0.1, 0.15) is 0 Å². The van der Waals surface area contributed by atoms with E-state index in [-0.39, 0.29) is 6.09 Å². The number of fused-ring (bicyclic) bond motifs is 1. The van der Waals surface area contributed by atoms with Gasteiger partial charge in [-0.25, -0.2) is 9.36 Å². The molecule has 0 aliphatic rings. The van der Waals surface area contributed by atoms with Crippen molar-refractivity contribution in [2.24, 2.45) is 0 Å². The molecule has 3 nitrogen and oxygen atoms in total. The van der Waals surface area contributed by atoms with Crippen molar-refractivity contribution >= 4 is 32.9 Å². The highest BCUT2D eigenvalue weighted by Crippen LogP contribution is 2.21. The SMILES string of the molecule is COC(=O)n1c(CBr)cc2ccccc21. The zero-order chi connectivity index (χ0) is 10.8. The summed E-state index contributed by atoms with van der Waals surface area (Å²) in [5.74, 6) is 0. The van der Waals surface area contributed by atoms with Crippen molar-refractivity contribution in [3.63, 3.8) is 0 Å². The first-order chi connectivity index (χ1) is 7.27. The average Bonchev–Trinajstić information content (AvgIpc) is 2.66. The lowest BCUT2D eigenvalue weighted by Gasteiger charge is -2.05. The molecule has 0 aliphatic carbocycles. The first kappa shape index (κ1) is 10.2. The number of halogens is 1. The van der Waals surface area contributed by atoms with Crippen molar-refractivity contribution in [2.45, 2.75) is 5.33 Å². The van der Waals surface area contributed by atoms with E-state index in [9.17, 15) is 4.79 Å². The Morgan fingerprint density at radius 2 is 2.20 bits per heavy atom. The highest BCUT2D eigenvalue weighted by Gasteiger charge is 2.13. The standard InChI is InChI=1S/C11H10BrNO2/c1-15-11(14)13-9(7-12)6-8-4-2-3-5-10(8)13/h2-6H,7H2,1H3. The third kappa shape index (κ3) is 1.65. The number of carbonyl (C=O) groups is 1. The number of ether oxygens (including phenoxy) is 1. The summed E-state index contributed by atoms with van der Waals surface area (Å²) in [6.07, 6.45) is -0.356. The topological polar surface area (TPSA) is 31.2 Å². The zero-order valence-electron chi connectivity index (χ0n) is 8.24. The lowest BCUT2D eigenvalue weighted by Crippen LogP contribution is -2.13. The minimum absolute atomic E-state index is 0.356. The number of methoxy groups -OCH3 is 1. The van der Waals surface area contributed by atoms with Crippen molar-refractivity contribution in [3.8, 4) is 0 Å². The molecule has 0 atom stereocenters. The summed E-state index contributed by atoms with van der Waals surface area (Å²) in [6.45, 7) is 0. The van der Waals surface area contributed by atoms with Crippen LogP contribution in [-0.4, -0.2) is 17.8 Å². The van der Waals surface area contributed by atoms with Crippen LogP contribution in [0.4, 0.5) is 4.79 Å². The van der Waals surface area contributed by atoms with Gasteiger partial charge in [-0.1, -0.05) is 34.1 Å².